The van der Waals surface area contributed by atoms with Crippen LogP contribution in [0.25, 0.3) is 17.1 Å². The van der Waals surface area contributed by atoms with E-state index in [0.717, 1.165) is 22.8 Å². The minimum atomic E-state index is 0.0813. The van der Waals surface area contributed by atoms with Crippen LogP contribution in [-0.4, -0.2) is 26.4 Å². The molecule has 2 heterocycles. The highest BCUT2D eigenvalue weighted by atomic mass is 16.5. The van der Waals surface area contributed by atoms with Gasteiger partial charge < -0.3 is 9.30 Å². The third-order valence-corrected chi connectivity index (χ3v) is 4.57. The van der Waals surface area contributed by atoms with E-state index in [-0.39, 0.29) is 6.04 Å². The molecule has 1 atom stereocenters. The number of ether oxygens (including phenoxy) is 1. The van der Waals surface area contributed by atoms with E-state index in [4.69, 9.17) is 4.74 Å². The Bertz CT molecular complexity index is 1000. The van der Waals surface area contributed by atoms with E-state index < -0.39 is 0 Å². The molecule has 0 saturated heterocycles. The Morgan fingerprint density at radius 1 is 0.923 bits per heavy atom. The van der Waals surface area contributed by atoms with Crippen LogP contribution in [0.2, 0.25) is 0 Å². The monoisotopic (exact) mass is 344 g/mol. The van der Waals surface area contributed by atoms with E-state index in [1.807, 2.05) is 59.7 Å². The Morgan fingerprint density at radius 2 is 1.73 bits per heavy atom. The van der Waals surface area contributed by atoms with E-state index in [0.29, 0.717) is 0 Å². The van der Waals surface area contributed by atoms with Crippen LogP contribution < -0.4 is 4.74 Å². The van der Waals surface area contributed by atoms with Gasteiger partial charge in [0.25, 0.3) is 0 Å². The fourth-order valence-corrected chi connectivity index (χ4v) is 3.27. The number of imidazole rings is 1. The van der Waals surface area contributed by atoms with Gasteiger partial charge in [0.15, 0.2) is 0 Å². The molecule has 0 spiro atoms. The number of benzene rings is 2. The first kappa shape index (κ1) is 16.1. The second-order valence-electron chi connectivity index (χ2n) is 6.04. The zero-order valence-corrected chi connectivity index (χ0v) is 14.8. The minimum absolute atomic E-state index is 0.0813. The SMILES string of the molecule is COc1ccccc1-c1nccn1[C@H](C)c1ccccc1-n1cccn1. The Hall–Kier alpha value is -3.34. The molecular weight excluding hydrogens is 324 g/mol. The third kappa shape index (κ3) is 2.77. The van der Waals surface area contributed by atoms with Gasteiger partial charge in [0.2, 0.25) is 0 Å². The van der Waals surface area contributed by atoms with Gasteiger partial charge in [0, 0.05) is 30.4 Å². The normalized spacial score (nSPS) is 12.1. The van der Waals surface area contributed by atoms with Gasteiger partial charge in [-0.3, -0.25) is 0 Å². The molecule has 5 heteroatoms. The molecule has 26 heavy (non-hydrogen) atoms. The summed E-state index contributed by atoms with van der Waals surface area (Å²) >= 11 is 0. The number of methoxy groups -OCH3 is 1. The summed E-state index contributed by atoms with van der Waals surface area (Å²) in [5, 5.41) is 4.39. The Morgan fingerprint density at radius 3 is 2.54 bits per heavy atom. The van der Waals surface area contributed by atoms with Crippen molar-refractivity contribution in [3.8, 4) is 22.8 Å². The van der Waals surface area contributed by atoms with Gasteiger partial charge in [-0.1, -0.05) is 30.3 Å². The molecule has 0 bridgehead atoms. The molecule has 0 unspecified atom stereocenters. The second kappa shape index (κ2) is 6.88. The van der Waals surface area contributed by atoms with Crippen molar-refractivity contribution in [3.63, 3.8) is 0 Å². The third-order valence-electron chi connectivity index (χ3n) is 4.57. The van der Waals surface area contributed by atoms with Gasteiger partial charge in [0.05, 0.1) is 24.4 Å². The molecule has 2 aromatic carbocycles. The van der Waals surface area contributed by atoms with Crippen molar-refractivity contribution in [2.75, 3.05) is 7.11 Å². The number of hydrogen-bond acceptors (Lipinski definition) is 3. The van der Waals surface area contributed by atoms with Gasteiger partial charge in [-0.25, -0.2) is 9.67 Å². The Balaban J connectivity index is 1.81. The number of nitrogens with zero attached hydrogens (tertiary/aromatic N) is 4. The highest BCUT2D eigenvalue weighted by Crippen LogP contribution is 2.33. The molecule has 0 saturated carbocycles. The molecule has 0 N–H and O–H groups in total. The van der Waals surface area contributed by atoms with Gasteiger partial charge in [0.1, 0.15) is 11.6 Å². The Labute approximate surface area is 152 Å². The quantitative estimate of drug-likeness (QED) is 0.540. The lowest BCUT2D eigenvalue weighted by Gasteiger charge is -2.20. The summed E-state index contributed by atoms with van der Waals surface area (Å²) < 4.78 is 9.59. The summed E-state index contributed by atoms with van der Waals surface area (Å²) in [4.78, 5) is 4.59. The van der Waals surface area contributed by atoms with Gasteiger partial charge >= 0.3 is 0 Å². The summed E-state index contributed by atoms with van der Waals surface area (Å²) in [5.41, 5.74) is 3.21. The van der Waals surface area contributed by atoms with Crippen LogP contribution in [0.3, 0.4) is 0 Å². The largest absolute Gasteiger partial charge is 0.496 e. The second-order valence-corrected chi connectivity index (χ2v) is 6.04. The zero-order chi connectivity index (χ0) is 17.9. The van der Waals surface area contributed by atoms with E-state index >= 15 is 0 Å². The Kier molecular flexibility index (Phi) is 4.27. The lowest BCUT2D eigenvalue weighted by atomic mass is 10.0. The lowest BCUT2D eigenvalue weighted by molar-refractivity contribution is 0.415. The average molecular weight is 344 g/mol. The molecule has 5 nitrogen and oxygen atoms in total. The first-order chi connectivity index (χ1) is 12.8. The molecule has 0 aliphatic rings. The maximum Gasteiger partial charge on any atom is 0.144 e. The highest BCUT2D eigenvalue weighted by Gasteiger charge is 2.19. The standard InChI is InChI=1S/C21H20N4O/c1-16(17-8-3-5-10-19(17)25-14-7-12-23-25)24-15-13-22-21(24)18-9-4-6-11-20(18)26-2/h3-16H,1-2H3/t16-/m1/s1. The summed E-state index contributed by atoms with van der Waals surface area (Å²) in [6, 6.07) is 18.3. The highest BCUT2D eigenvalue weighted by molar-refractivity contribution is 5.65. The summed E-state index contributed by atoms with van der Waals surface area (Å²) in [6.07, 6.45) is 7.58. The molecule has 2 aromatic heterocycles. The topological polar surface area (TPSA) is 44.9 Å². The van der Waals surface area contributed by atoms with Crippen LogP contribution in [0.4, 0.5) is 0 Å². The molecule has 0 aliphatic heterocycles. The van der Waals surface area contributed by atoms with Crippen molar-refractivity contribution in [2.24, 2.45) is 0 Å². The summed E-state index contributed by atoms with van der Waals surface area (Å²) in [6.45, 7) is 2.17. The molecule has 0 amide bonds. The molecule has 0 radical (unpaired) electrons. The zero-order valence-electron chi connectivity index (χ0n) is 14.8. The fraction of sp³-hybridized carbons (Fsp3) is 0.143. The number of hydrogen-bond donors (Lipinski definition) is 0. The van der Waals surface area contributed by atoms with Crippen LogP contribution in [0.1, 0.15) is 18.5 Å². The fourth-order valence-electron chi connectivity index (χ4n) is 3.27. The van der Waals surface area contributed by atoms with E-state index in [1.165, 1.54) is 5.56 Å². The summed E-state index contributed by atoms with van der Waals surface area (Å²) in [5.74, 6) is 1.69. The van der Waals surface area contributed by atoms with Crippen molar-refractivity contribution in [1.29, 1.82) is 0 Å². The maximum atomic E-state index is 5.52. The van der Waals surface area contributed by atoms with Crippen molar-refractivity contribution in [2.45, 2.75) is 13.0 Å². The van der Waals surface area contributed by atoms with Gasteiger partial charge in [-0.2, -0.15) is 5.10 Å². The first-order valence-electron chi connectivity index (χ1n) is 8.54. The molecular formula is C21H20N4O. The van der Waals surface area contributed by atoms with Crippen molar-refractivity contribution in [1.82, 2.24) is 19.3 Å². The van der Waals surface area contributed by atoms with Crippen LogP contribution in [0, 0.1) is 0 Å². The van der Waals surface area contributed by atoms with Crippen molar-refractivity contribution < 1.29 is 4.74 Å². The molecule has 4 aromatic rings. The van der Waals surface area contributed by atoms with Crippen LogP contribution in [0.15, 0.2) is 79.4 Å². The first-order valence-corrected chi connectivity index (χ1v) is 8.54. The predicted molar refractivity (Wildman–Crippen MR) is 102 cm³/mol. The maximum absolute atomic E-state index is 5.52. The van der Waals surface area contributed by atoms with E-state index in [1.54, 1.807) is 13.3 Å². The van der Waals surface area contributed by atoms with Crippen LogP contribution >= 0.6 is 0 Å². The van der Waals surface area contributed by atoms with E-state index in [2.05, 4.69) is 39.8 Å². The van der Waals surface area contributed by atoms with Gasteiger partial charge in [-0.15, -0.1) is 0 Å². The number of rotatable bonds is 5. The van der Waals surface area contributed by atoms with Crippen molar-refractivity contribution in [3.05, 3.63) is 84.9 Å². The summed E-state index contributed by atoms with van der Waals surface area (Å²) in [7, 11) is 1.68. The van der Waals surface area contributed by atoms with E-state index in [9.17, 15) is 0 Å². The number of aromatic nitrogens is 4. The molecule has 0 aliphatic carbocycles. The molecule has 0 fully saturated rings. The average Bonchev–Trinajstić information content (AvgIpc) is 3.39. The minimum Gasteiger partial charge on any atom is -0.496 e. The van der Waals surface area contributed by atoms with Crippen molar-refractivity contribution >= 4 is 0 Å². The van der Waals surface area contributed by atoms with Crippen LogP contribution in [-0.2, 0) is 0 Å². The smallest absolute Gasteiger partial charge is 0.144 e. The predicted octanol–water partition coefficient (Wildman–Crippen LogP) is 4.35. The van der Waals surface area contributed by atoms with Gasteiger partial charge in [-0.05, 0) is 31.2 Å². The lowest BCUT2D eigenvalue weighted by Crippen LogP contribution is -2.11. The number of para-hydroxylation sites is 2. The van der Waals surface area contributed by atoms with Crippen LogP contribution in [0.5, 0.6) is 5.75 Å². The molecule has 4 rings (SSSR count). The molecule has 130 valence electrons.